The fraction of sp³-hybridized carbons (Fsp3) is 0.353. The lowest BCUT2D eigenvalue weighted by molar-refractivity contribution is -0.189. The highest BCUT2D eigenvalue weighted by Gasteiger charge is 2.50. The third kappa shape index (κ3) is 4.52. The first kappa shape index (κ1) is 27.6. The smallest absolute Gasteiger partial charge is 0.355 e. The van der Waals surface area contributed by atoms with Crippen LogP contribution < -0.4 is 19.9 Å². The van der Waals surface area contributed by atoms with E-state index in [2.05, 4.69) is 9.80 Å². The van der Waals surface area contributed by atoms with Gasteiger partial charge in [0.2, 0.25) is 12.4 Å². The van der Waals surface area contributed by atoms with Gasteiger partial charge in [0, 0.05) is 61.0 Å². The van der Waals surface area contributed by atoms with Crippen LogP contribution in [0.1, 0.15) is 36.5 Å². The normalized spacial score (nSPS) is 20.0. The Kier molecular flexibility index (Phi) is 6.52. The van der Waals surface area contributed by atoms with Crippen molar-refractivity contribution in [3.05, 3.63) is 81.6 Å². The second-order valence-corrected chi connectivity index (χ2v) is 11.8. The van der Waals surface area contributed by atoms with Gasteiger partial charge in [-0.15, -0.1) is 0 Å². The van der Waals surface area contributed by atoms with E-state index in [1.165, 1.54) is 0 Å². The summed E-state index contributed by atoms with van der Waals surface area (Å²) in [7, 11) is 0. The molecule has 2 aromatic heterocycles. The van der Waals surface area contributed by atoms with Crippen LogP contribution in [0.5, 0.6) is 11.5 Å². The van der Waals surface area contributed by atoms with Crippen LogP contribution in [0.2, 0.25) is 0 Å². The summed E-state index contributed by atoms with van der Waals surface area (Å²) in [5.41, 5.74) is 2.91. The molecule has 1 atom stereocenters. The first-order valence-corrected chi connectivity index (χ1v) is 15.4. The molecule has 0 bridgehead atoms. The minimum absolute atomic E-state index is 0.106. The van der Waals surface area contributed by atoms with Crippen LogP contribution in [0.4, 0.5) is 5.69 Å². The summed E-state index contributed by atoms with van der Waals surface area (Å²) in [6, 6.07) is 17.6. The van der Waals surface area contributed by atoms with Gasteiger partial charge in [-0.05, 0) is 36.8 Å². The molecule has 11 heteroatoms. The number of esters is 2. The maximum atomic E-state index is 13.8. The van der Waals surface area contributed by atoms with Gasteiger partial charge < -0.3 is 28.4 Å². The summed E-state index contributed by atoms with van der Waals surface area (Å²) < 4.78 is 24.1. The van der Waals surface area contributed by atoms with Crippen molar-refractivity contribution >= 4 is 28.5 Å². The average Bonchev–Trinajstić information content (AvgIpc) is 3.68. The average molecular weight is 609 g/mol. The molecular formula is C34H32N4O7. The number of pyridine rings is 2. The van der Waals surface area contributed by atoms with Crippen molar-refractivity contribution in [1.29, 1.82) is 0 Å². The lowest BCUT2D eigenvalue weighted by Crippen LogP contribution is -2.49. The lowest BCUT2D eigenvalue weighted by atomic mass is 9.85. The number of hydrogen-bond acceptors (Lipinski definition) is 10. The van der Waals surface area contributed by atoms with Gasteiger partial charge in [-0.3, -0.25) is 14.5 Å². The molecule has 4 aromatic rings. The highest BCUT2D eigenvalue weighted by molar-refractivity contribution is 5.88. The molecule has 0 amide bonds. The SMILES string of the molecule is CCC1(OC(=O)CCN2CCN(c3ccc4c(c3)OCO4)CC2)C(=O)OCc2c1cc1n(c2=O)Cc2cc3ccccc3nc2-1. The highest BCUT2D eigenvalue weighted by atomic mass is 16.7. The number of para-hydroxylation sites is 1. The van der Waals surface area contributed by atoms with Crippen LogP contribution in [0.3, 0.4) is 0 Å². The molecule has 0 N–H and O–H groups in total. The van der Waals surface area contributed by atoms with Crippen molar-refractivity contribution in [3.63, 3.8) is 0 Å². The van der Waals surface area contributed by atoms with E-state index in [0.29, 0.717) is 35.6 Å². The standard InChI is InChI=1S/C34H32N4O7/c1-2-34(45-30(39)9-10-36-11-13-37(14-12-36)23-7-8-28-29(16-23)44-20-43-28)25-17-27-31-22(15-21-5-3-4-6-26(21)35-31)18-38(27)32(40)24(25)19-42-33(34)41/h3-8,15-17H,2,9-14,18-20H2,1H3. The van der Waals surface area contributed by atoms with E-state index in [1.807, 2.05) is 48.5 Å². The zero-order valence-corrected chi connectivity index (χ0v) is 24.9. The Hall–Kier alpha value is -4.90. The lowest BCUT2D eigenvalue weighted by Gasteiger charge is -2.37. The number of nitrogens with zero attached hydrogens (tertiary/aromatic N) is 4. The molecule has 8 rings (SSSR count). The molecule has 4 aliphatic heterocycles. The summed E-state index contributed by atoms with van der Waals surface area (Å²) in [5.74, 6) is 0.351. The maximum Gasteiger partial charge on any atom is 0.355 e. The van der Waals surface area contributed by atoms with E-state index in [1.54, 1.807) is 17.6 Å². The number of benzene rings is 2. The fourth-order valence-electron chi connectivity index (χ4n) is 6.89. The van der Waals surface area contributed by atoms with E-state index in [4.69, 9.17) is 23.9 Å². The van der Waals surface area contributed by atoms with E-state index in [0.717, 1.165) is 59.8 Å². The molecule has 1 fully saturated rings. The Balaban J connectivity index is 0.995. The predicted octanol–water partition coefficient (Wildman–Crippen LogP) is 3.57. The van der Waals surface area contributed by atoms with Crippen molar-refractivity contribution in [3.8, 4) is 22.9 Å². The van der Waals surface area contributed by atoms with E-state index < -0.39 is 17.5 Å². The molecule has 6 heterocycles. The van der Waals surface area contributed by atoms with Crippen LogP contribution in [-0.2, 0) is 37.8 Å². The molecular weight excluding hydrogens is 576 g/mol. The van der Waals surface area contributed by atoms with Crippen molar-refractivity contribution < 1.29 is 28.5 Å². The van der Waals surface area contributed by atoms with Crippen LogP contribution in [0, 0.1) is 0 Å². The van der Waals surface area contributed by atoms with Gasteiger partial charge in [0.15, 0.2) is 11.5 Å². The highest BCUT2D eigenvalue weighted by Crippen LogP contribution is 2.41. The number of anilines is 1. The Labute approximate surface area is 258 Å². The van der Waals surface area contributed by atoms with Gasteiger partial charge in [-0.25, -0.2) is 9.78 Å². The third-order valence-corrected chi connectivity index (χ3v) is 9.40. The van der Waals surface area contributed by atoms with Gasteiger partial charge in [0.05, 0.1) is 35.4 Å². The van der Waals surface area contributed by atoms with E-state index in [-0.39, 0.29) is 31.8 Å². The monoisotopic (exact) mass is 608 g/mol. The topological polar surface area (TPSA) is 112 Å². The molecule has 11 nitrogen and oxygen atoms in total. The number of aromatic nitrogens is 2. The van der Waals surface area contributed by atoms with Crippen LogP contribution >= 0.6 is 0 Å². The largest absolute Gasteiger partial charge is 0.457 e. The molecule has 0 aliphatic carbocycles. The molecule has 45 heavy (non-hydrogen) atoms. The first-order chi connectivity index (χ1) is 21.9. The molecule has 2 aromatic carbocycles. The van der Waals surface area contributed by atoms with Gasteiger partial charge in [0.1, 0.15) is 6.61 Å². The van der Waals surface area contributed by atoms with Crippen molar-refractivity contribution in [1.82, 2.24) is 14.5 Å². The minimum atomic E-state index is -1.70. The second kappa shape index (κ2) is 10.6. The number of cyclic esters (lactones) is 1. The molecule has 230 valence electrons. The Morgan fingerprint density at radius 3 is 2.64 bits per heavy atom. The number of piperazine rings is 1. The summed E-state index contributed by atoms with van der Waals surface area (Å²) in [6.07, 6.45) is 0.244. The van der Waals surface area contributed by atoms with Crippen LogP contribution in [-0.4, -0.2) is 65.9 Å². The molecule has 0 radical (unpaired) electrons. The summed E-state index contributed by atoms with van der Waals surface area (Å²) in [6.45, 7) is 5.87. The number of carbonyl (C=O) groups is 2. The Morgan fingerprint density at radius 1 is 0.978 bits per heavy atom. The zero-order chi connectivity index (χ0) is 30.7. The fourth-order valence-corrected chi connectivity index (χ4v) is 6.89. The third-order valence-electron chi connectivity index (χ3n) is 9.40. The molecule has 1 saturated heterocycles. The van der Waals surface area contributed by atoms with Gasteiger partial charge in [-0.1, -0.05) is 25.1 Å². The number of carbonyl (C=O) groups excluding carboxylic acids is 2. The molecule has 4 aliphatic rings. The van der Waals surface area contributed by atoms with Crippen molar-refractivity contribution in [2.24, 2.45) is 0 Å². The van der Waals surface area contributed by atoms with Gasteiger partial charge in [-0.2, -0.15) is 0 Å². The van der Waals surface area contributed by atoms with Crippen molar-refractivity contribution in [2.75, 3.05) is 44.4 Å². The van der Waals surface area contributed by atoms with Gasteiger partial charge >= 0.3 is 11.9 Å². The molecule has 0 spiro atoms. The number of ether oxygens (including phenoxy) is 4. The Morgan fingerprint density at radius 2 is 1.80 bits per heavy atom. The van der Waals surface area contributed by atoms with Crippen molar-refractivity contribution in [2.45, 2.75) is 38.5 Å². The Bertz CT molecular complexity index is 1930. The van der Waals surface area contributed by atoms with Gasteiger partial charge in [0.25, 0.3) is 5.56 Å². The van der Waals surface area contributed by atoms with Crippen LogP contribution in [0.25, 0.3) is 22.3 Å². The number of fused-ring (bicyclic) bond motifs is 6. The summed E-state index contributed by atoms with van der Waals surface area (Å²) in [4.78, 5) is 49.8. The quantitative estimate of drug-likeness (QED) is 0.265. The minimum Gasteiger partial charge on any atom is -0.457 e. The van der Waals surface area contributed by atoms with Crippen LogP contribution in [0.15, 0.2) is 59.4 Å². The van der Waals surface area contributed by atoms with E-state index >= 15 is 0 Å². The number of rotatable bonds is 6. The van der Waals surface area contributed by atoms with E-state index in [9.17, 15) is 14.4 Å². The summed E-state index contributed by atoms with van der Waals surface area (Å²) >= 11 is 0. The maximum absolute atomic E-state index is 13.8. The number of hydrogen-bond donors (Lipinski definition) is 0. The molecule has 0 saturated carbocycles. The zero-order valence-electron chi connectivity index (χ0n) is 24.9. The molecule has 1 unspecified atom stereocenters. The first-order valence-electron chi connectivity index (χ1n) is 15.4. The second-order valence-electron chi connectivity index (χ2n) is 11.8. The summed E-state index contributed by atoms with van der Waals surface area (Å²) in [5, 5.41) is 0.992. The predicted molar refractivity (Wildman–Crippen MR) is 164 cm³/mol.